The van der Waals surface area contributed by atoms with Gasteiger partial charge in [0.05, 0.1) is 31.0 Å². The summed E-state index contributed by atoms with van der Waals surface area (Å²) in [6, 6.07) is 12.4. The zero-order chi connectivity index (χ0) is 19.4. The van der Waals surface area contributed by atoms with Crippen LogP contribution in [0.15, 0.2) is 42.5 Å². The number of rotatable bonds is 6. The molecular weight excluding hydrogens is 346 g/mol. The molecule has 1 unspecified atom stereocenters. The number of nitrogens with zero attached hydrogens (tertiary/aromatic N) is 1. The van der Waals surface area contributed by atoms with Gasteiger partial charge in [-0.1, -0.05) is 12.1 Å². The predicted octanol–water partition coefficient (Wildman–Crippen LogP) is 2.67. The lowest BCUT2D eigenvalue weighted by atomic mass is 10.1. The van der Waals surface area contributed by atoms with Gasteiger partial charge < -0.3 is 25.4 Å². The summed E-state index contributed by atoms with van der Waals surface area (Å²) in [5.74, 6) is 0.413. The van der Waals surface area contributed by atoms with Crippen molar-refractivity contribution in [3.63, 3.8) is 0 Å². The third-order valence-electron chi connectivity index (χ3n) is 4.45. The van der Waals surface area contributed by atoms with Crippen LogP contribution in [0.1, 0.15) is 13.3 Å². The number of carbonyl (C=O) groups excluding carboxylic acids is 2. The highest BCUT2D eigenvalue weighted by Gasteiger charge is 2.36. The van der Waals surface area contributed by atoms with E-state index >= 15 is 0 Å². The van der Waals surface area contributed by atoms with Gasteiger partial charge in [-0.15, -0.1) is 0 Å². The van der Waals surface area contributed by atoms with Crippen molar-refractivity contribution in [2.75, 3.05) is 36.2 Å². The first-order valence-corrected chi connectivity index (χ1v) is 8.80. The maximum atomic E-state index is 12.6. The van der Waals surface area contributed by atoms with Gasteiger partial charge in [0, 0.05) is 18.7 Å². The number of hydrogen-bond acceptors (Lipinski definition) is 5. The van der Waals surface area contributed by atoms with Crippen LogP contribution >= 0.6 is 0 Å². The van der Waals surface area contributed by atoms with Crippen molar-refractivity contribution in [1.29, 1.82) is 0 Å². The molecule has 1 heterocycles. The van der Waals surface area contributed by atoms with E-state index in [0.29, 0.717) is 41.7 Å². The number of amides is 2. The fourth-order valence-electron chi connectivity index (χ4n) is 3.13. The van der Waals surface area contributed by atoms with Gasteiger partial charge in [-0.25, -0.2) is 0 Å². The van der Waals surface area contributed by atoms with Crippen molar-refractivity contribution in [2.24, 2.45) is 5.92 Å². The second-order valence-corrected chi connectivity index (χ2v) is 6.25. The molecule has 1 aliphatic heterocycles. The number of para-hydroxylation sites is 2. The molecule has 0 aliphatic carbocycles. The molecule has 1 fully saturated rings. The van der Waals surface area contributed by atoms with Gasteiger partial charge in [-0.2, -0.15) is 0 Å². The molecule has 7 heteroatoms. The quantitative estimate of drug-likeness (QED) is 0.764. The average Bonchev–Trinajstić information content (AvgIpc) is 3.04. The van der Waals surface area contributed by atoms with Gasteiger partial charge in [-0.05, 0) is 37.3 Å². The van der Waals surface area contributed by atoms with E-state index in [1.54, 1.807) is 23.1 Å². The van der Waals surface area contributed by atoms with E-state index in [1.807, 2.05) is 31.2 Å². The first kappa shape index (κ1) is 18.6. The number of benzene rings is 2. The van der Waals surface area contributed by atoms with Crippen LogP contribution in [0, 0.1) is 5.92 Å². The molecule has 2 aromatic rings. The summed E-state index contributed by atoms with van der Waals surface area (Å²) in [5, 5.41) is 2.82. The minimum absolute atomic E-state index is 0.100. The number of nitrogens with two attached hydrogens (primary N) is 1. The van der Waals surface area contributed by atoms with Crippen LogP contribution in [0.3, 0.4) is 0 Å². The Labute approximate surface area is 158 Å². The fourth-order valence-corrected chi connectivity index (χ4v) is 3.13. The first-order valence-electron chi connectivity index (χ1n) is 8.80. The lowest BCUT2D eigenvalue weighted by molar-refractivity contribution is -0.122. The maximum Gasteiger partial charge on any atom is 0.229 e. The van der Waals surface area contributed by atoms with E-state index in [9.17, 15) is 9.59 Å². The smallest absolute Gasteiger partial charge is 0.229 e. The number of methoxy groups -OCH3 is 1. The van der Waals surface area contributed by atoms with E-state index in [4.69, 9.17) is 15.2 Å². The van der Waals surface area contributed by atoms with Gasteiger partial charge in [0.15, 0.2) is 0 Å². The van der Waals surface area contributed by atoms with Crippen LogP contribution < -0.4 is 25.4 Å². The van der Waals surface area contributed by atoms with Gasteiger partial charge in [-0.3, -0.25) is 9.59 Å². The van der Waals surface area contributed by atoms with E-state index in [0.717, 1.165) is 0 Å². The number of carbonyl (C=O) groups is 2. The number of anilines is 3. The zero-order valence-corrected chi connectivity index (χ0v) is 15.4. The molecule has 2 amide bonds. The van der Waals surface area contributed by atoms with Crippen molar-refractivity contribution in [2.45, 2.75) is 13.3 Å². The topological polar surface area (TPSA) is 93.9 Å². The Balaban J connectivity index is 1.72. The SMILES string of the molecule is CCOc1ccccc1N1CC(C(=O)Nc2ccc(OC)c(N)c2)CC1=O. The molecule has 3 N–H and O–H groups in total. The molecule has 142 valence electrons. The van der Waals surface area contributed by atoms with Crippen LogP contribution in [0.2, 0.25) is 0 Å². The molecule has 2 aromatic carbocycles. The van der Waals surface area contributed by atoms with Crippen LogP contribution in [0.25, 0.3) is 0 Å². The molecule has 0 radical (unpaired) electrons. The third kappa shape index (κ3) is 3.97. The lowest BCUT2D eigenvalue weighted by Crippen LogP contribution is -2.28. The van der Waals surface area contributed by atoms with Gasteiger partial charge in [0.2, 0.25) is 11.8 Å². The molecule has 7 nitrogen and oxygen atoms in total. The van der Waals surface area contributed by atoms with Crippen molar-refractivity contribution in [3.05, 3.63) is 42.5 Å². The number of nitrogens with one attached hydrogen (secondary N) is 1. The Hall–Kier alpha value is -3.22. The second-order valence-electron chi connectivity index (χ2n) is 6.25. The summed E-state index contributed by atoms with van der Waals surface area (Å²) in [5.41, 5.74) is 7.57. The number of hydrogen-bond donors (Lipinski definition) is 2. The van der Waals surface area contributed by atoms with E-state index < -0.39 is 5.92 Å². The van der Waals surface area contributed by atoms with Crippen molar-refractivity contribution in [3.8, 4) is 11.5 Å². The Morgan fingerprint density at radius 2 is 2.04 bits per heavy atom. The number of nitrogen functional groups attached to an aromatic ring is 1. The summed E-state index contributed by atoms with van der Waals surface area (Å²) in [4.78, 5) is 26.7. The summed E-state index contributed by atoms with van der Waals surface area (Å²) in [7, 11) is 1.53. The molecule has 0 spiro atoms. The summed E-state index contributed by atoms with van der Waals surface area (Å²) in [6.45, 7) is 2.70. The highest BCUT2D eigenvalue weighted by molar-refractivity contribution is 6.04. The molecular formula is C20H23N3O4. The Morgan fingerprint density at radius 3 is 2.74 bits per heavy atom. The van der Waals surface area contributed by atoms with Gasteiger partial charge in [0.25, 0.3) is 0 Å². The minimum Gasteiger partial charge on any atom is -0.495 e. The predicted molar refractivity (Wildman–Crippen MR) is 104 cm³/mol. The van der Waals surface area contributed by atoms with Crippen molar-refractivity contribution < 1.29 is 19.1 Å². The summed E-state index contributed by atoms with van der Waals surface area (Å²) in [6.07, 6.45) is 0.151. The number of ether oxygens (including phenoxy) is 2. The normalized spacial score (nSPS) is 16.3. The van der Waals surface area contributed by atoms with Crippen LogP contribution in [-0.4, -0.2) is 32.1 Å². The van der Waals surface area contributed by atoms with Crippen LogP contribution in [-0.2, 0) is 9.59 Å². The van der Waals surface area contributed by atoms with E-state index in [1.165, 1.54) is 7.11 Å². The second kappa shape index (κ2) is 7.99. The molecule has 27 heavy (non-hydrogen) atoms. The zero-order valence-electron chi connectivity index (χ0n) is 15.4. The standard InChI is InChI=1S/C20H23N3O4/c1-3-27-18-7-5-4-6-16(18)23-12-13(10-19(23)24)20(25)22-14-8-9-17(26-2)15(21)11-14/h4-9,11,13H,3,10,12,21H2,1-2H3,(H,22,25). The van der Waals surface area contributed by atoms with Crippen LogP contribution in [0.4, 0.5) is 17.1 Å². The monoisotopic (exact) mass is 369 g/mol. The van der Waals surface area contributed by atoms with Crippen molar-refractivity contribution >= 4 is 28.9 Å². The van der Waals surface area contributed by atoms with Crippen molar-refractivity contribution in [1.82, 2.24) is 0 Å². The van der Waals surface area contributed by atoms with Gasteiger partial charge in [0.1, 0.15) is 11.5 Å². The largest absolute Gasteiger partial charge is 0.495 e. The Morgan fingerprint density at radius 1 is 1.26 bits per heavy atom. The summed E-state index contributed by atoms with van der Waals surface area (Å²) >= 11 is 0. The molecule has 1 aliphatic rings. The first-order chi connectivity index (χ1) is 13.0. The fraction of sp³-hybridized carbons (Fsp3) is 0.300. The minimum atomic E-state index is -0.449. The molecule has 3 rings (SSSR count). The molecule has 1 atom stereocenters. The summed E-state index contributed by atoms with van der Waals surface area (Å²) < 4.78 is 10.7. The Bertz CT molecular complexity index is 853. The Kier molecular flexibility index (Phi) is 5.49. The molecule has 0 bridgehead atoms. The van der Waals surface area contributed by atoms with E-state index in [-0.39, 0.29) is 18.2 Å². The maximum absolute atomic E-state index is 12.6. The third-order valence-corrected chi connectivity index (χ3v) is 4.45. The molecule has 0 aromatic heterocycles. The molecule has 0 saturated carbocycles. The average molecular weight is 369 g/mol. The van der Waals surface area contributed by atoms with Gasteiger partial charge >= 0.3 is 0 Å². The van der Waals surface area contributed by atoms with E-state index in [2.05, 4.69) is 5.32 Å². The highest BCUT2D eigenvalue weighted by Crippen LogP contribution is 2.33. The van der Waals surface area contributed by atoms with Crippen LogP contribution in [0.5, 0.6) is 11.5 Å². The lowest BCUT2D eigenvalue weighted by Gasteiger charge is -2.20. The molecule has 1 saturated heterocycles. The highest BCUT2D eigenvalue weighted by atomic mass is 16.5.